The summed E-state index contributed by atoms with van der Waals surface area (Å²) in [6.45, 7) is 3.16. The standard InChI is InChI=1S/C26H26N2O3S/c1-17(25(29)28-13-4-5-14-28)31-26(30)23-20-10-2-3-12-22(20)27-24-18(8-6-11-21(23)24)16-19-9-7-15-32-19/h2-3,7,9-10,12,15-17H,4-6,8,11,13-14H2,1H3/b18-16+. The molecule has 0 saturated carbocycles. The Bertz CT molecular complexity index is 1190. The van der Waals surface area contributed by atoms with Crippen LogP contribution < -0.4 is 0 Å². The van der Waals surface area contributed by atoms with Gasteiger partial charge in [-0.1, -0.05) is 24.3 Å². The zero-order valence-corrected chi connectivity index (χ0v) is 19.0. The van der Waals surface area contributed by atoms with Crippen LogP contribution in [0.15, 0.2) is 41.8 Å². The van der Waals surface area contributed by atoms with Gasteiger partial charge >= 0.3 is 5.97 Å². The maximum absolute atomic E-state index is 13.4. The number of amides is 1. The number of nitrogens with zero attached hydrogens (tertiary/aromatic N) is 2. The molecule has 1 saturated heterocycles. The Balaban J connectivity index is 1.55. The van der Waals surface area contributed by atoms with Crippen LogP contribution >= 0.6 is 11.3 Å². The number of aromatic nitrogens is 1. The molecule has 2 aliphatic rings. The van der Waals surface area contributed by atoms with Crippen LogP contribution in [0, 0.1) is 0 Å². The van der Waals surface area contributed by atoms with E-state index < -0.39 is 12.1 Å². The van der Waals surface area contributed by atoms with E-state index in [1.165, 1.54) is 4.88 Å². The lowest BCUT2D eigenvalue weighted by Gasteiger charge is -2.24. The Kier molecular flexibility index (Phi) is 5.79. The van der Waals surface area contributed by atoms with Crippen molar-refractivity contribution in [3.05, 3.63) is 63.5 Å². The highest BCUT2D eigenvalue weighted by Crippen LogP contribution is 2.37. The summed E-state index contributed by atoms with van der Waals surface area (Å²) in [5.41, 5.74) is 4.30. The van der Waals surface area contributed by atoms with Gasteiger partial charge in [0.1, 0.15) is 0 Å². The Labute approximate surface area is 191 Å². The lowest BCUT2D eigenvalue weighted by Crippen LogP contribution is -2.38. The third kappa shape index (κ3) is 3.95. The first-order valence-corrected chi connectivity index (χ1v) is 12.2. The number of thiophene rings is 1. The second-order valence-electron chi connectivity index (χ2n) is 8.45. The second-order valence-corrected chi connectivity index (χ2v) is 9.43. The van der Waals surface area contributed by atoms with Gasteiger partial charge in [-0.15, -0.1) is 11.3 Å². The van der Waals surface area contributed by atoms with Crippen LogP contribution in [0.3, 0.4) is 0 Å². The molecule has 5 nitrogen and oxygen atoms in total. The van der Waals surface area contributed by atoms with Crippen LogP contribution in [0.5, 0.6) is 0 Å². The van der Waals surface area contributed by atoms with E-state index in [1.54, 1.807) is 23.2 Å². The molecule has 1 aromatic carbocycles. The van der Waals surface area contributed by atoms with Crippen molar-refractivity contribution < 1.29 is 14.3 Å². The van der Waals surface area contributed by atoms with Crippen LogP contribution in [0.25, 0.3) is 22.6 Å². The summed E-state index contributed by atoms with van der Waals surface area (Å²) in [5.74, 6) is -0.543. The molecule has 2 aromatic heterocycles. The number of pyridine rings is 1. The normalized spacial score (nSPS) is 18.0. The first-order valence-electron chi connectivity index (χ1n) is 11.3. The molecule has 3 aromatic rings. The minimum Gasteiger partial charge on any atom is -0.449 e. The number of benzene rings is 1. The number of ether oxygens (including phenoxy) is 1. The van der Waals surface area contributed by atoms with Crippen molar-refractivity contribution in [1.29, 1.82) is 0 Å². The summed E-state index contributed by atoms with van der Waals surface area (Å²) in [5, 5.41) is 2.85. The number of hydrogen-bond donors (Lipinski definition) is 0. The minimum atomic E-state index is -0.798. The van der Waals surface area contributed by atoms with Crippen molar-refractivity contribution in [3.63, 3.8) is 0 Å². The zero-order valence-electron chi connectivity index (χ0n) is 18.2. The average molecular weight is 447 g/mol. The fourth-order valence-corrected chi connectivity index (χ4v) is 5.40. The molecule has 1 aliphatic heterocycles. The number of esters is 1. The average Bonchev–Trinajstić information content (AvgIpc) is 3.52. The lowest BCUT2D eigenvalue weighted by molar-refractivity contribution is -0.138. The van der Waals surface area contributed by atoms with Crippen LogP contribution in [0.2, 0.25) is 0 Å². The predicted molar refractivity (Wildman–Crippen MR) is 128 cm³/mol. The number of carbonyl (C=O) groups excluding carboxylic acids is 2. The number of fused-ring (bicyclic) bond motifs is 2. The van der Waals surface area contributed by atoms with E-state index in [0.29, 0.717) is 5.56 Å². The summed E-state index contributed by atoms with van der Waals surface area (Å²) in [4.78, 5) is 34.1. The van der Waals surface area contributed by atoms with Crippen molar-refractivity contribution in [1.82, 2.24) is 9.88 Å². The summed E-state index contributed by atoms with van der Waals surface area (Å²) in [6.07, 6.45) is 6.05. The van der Waals surface area contributed by atoms with Gasteiger partial charge in [-0.25, -0.2) is 9.78 Å². The first-order chi connectivity index (χ1) is 15.6. The molecule has 1 atom stereocenters. The highest BCUT2D eigenvalue weighted by molar-refractivity contribution is 7.10. The molecule has 164 valence electrons. The van der Waals surface area contributed by atoms with Gasteiger partial charge in [0, 0.05) is 23.4 Å². The number of likely N-dealkylation sites (tertiary alicyclic amines) is 1. The number of rotatable bonds is 4. The fraction of sp³-hybridized carbons (Fsp3) is 0.346. The Hall–Kier alpha value is -2.99. The number of allylic oxidation sites excluding steroid dienone is 1. The maximum Gasteiger partial charge on any atom is 0.339 e. The predicted octanol–water partition coefficient (Wildman–Crippen LogP) is 5.34. The van der Waals surface area contributed by atoms with Gasteiger partial charge in [0.25, 0.3) is 5.91 Å². The van der Waals surface area contributed by atoms with Gasteiger partial charge in [-0.05, 0) is 73.8 Å². The molecule has 0 bridgehead atoms. The summed E-state index contributed by atoms with van der Waals surface area (Å²) in [6, 6.07) is 11.8. The maximum atomic E-state index is 13.4. The Morgan fingerprint density at radius 1 is 1.09 bits per heavy atom. The van der Waals surface area contributed by atoms with Gasteiger partial charge in [-0.3, -0.25) is 4.79 Å². The van der Waals surface area contributed by atoms with Crippen LogP contribution in [-0.4, -0.2) is 41.0 Å². The summed E-state index contributed by atoms with van der Waals surface area (Å²) in [7, 11) is 0. The van der Waals surface area contributed by atoms with E-state index in [9.17, 15) is 9.59 Å². The highest BCUT2D eigenvalue weighted by Gasteiger charge is 2.30. The van der Waals surface area contributed by atoms with E-state index >= 15 is 0 Å². The number of para-hydroxylation sites is 1. The molecular weight excluding hydrogens is 420 g/mol. The molecule has 1 unspecified atom stereocenters. The van der Waals surface area contributed by atoms with Crippen LogP contribution in [0.4, 0.5) is 0 Å². The van der Waals surface area contributed by atoms with Crippen LogP contribution in [0.1, 0.15) is 59.1 Å². The molecule has 0 N–H and O–H groups in total. The lowest BCUT2D eigenvalue weighted by atomic mass is 9.86. The zero-order chi connectivity index (χ0) is 22.1. The van der Waals surface area contributed by atoms with Crippen molar-refractivity contribution in [2.24, 2.45) is 0 Å². The van der Waals surface area contributed by atoms with Gasteiger partial charge in [-0.2, -0.15) is 0 Å². The van der Waals surface area contributed by atoms with Crippen molar-refractivity contribution in [2.45, 2.75) is 45.1 Å². The number of carbonyl (C=O) groups is 2. The first kappa shape index (κ1) is 20.9. The molecule has 5 rings (SSSR count). The van der Waals surface area contributed by atoms with Crippen molar-refractivity contribution >= 4 is 45.8 Å². The van der Waals surface area contributed by atoms with Crippen molar-refractivity contribution in [3.8, 4) is 0 Å². The largest absolute Gasteiger partial charge is 0.449 e. The Morgan fingerprint density at radius 3 is 2.69 bits per heavy atom. The molecule has 1 aliphatic carbocycles. The van der Waals surface area contributed by atoms with E-state index in [2.05, 4.69) is 17.5 Å². The third-order valence-electron chi connectivity index (χ3n) is 6.28. The van der Waals surface area contributed by atoms with Gasteiger partial charge in [0.2, 0.25) is 0 Å². The van der Waals surface area contributed by atoms with Gasteiger partial charge < -0.3 is 9.64 Å². The van der Waals surface area contributed by atoms with Gasteiger partial charge in [0.15, 0.2) is 6.10 Å². The third-order valence-corrected chi connectivity index (χ3v) is 7.10. The topological polar surface area (TPSA) is 59.5 Å². The molecule has 0 radical (unpaired) electrons. The SMILES string of the molecule is CC(OC(=O)c1c2c(nc3ccccc13)/C(=C/c1cccs1)CCC2)C(=O)N1CCCC1. The van der Waals surface area contributed by atoms with Crippen LogP contribution in [-0.2, 0) is 16.0 Å². The smallest absolute Gasteiger partial charge is 0.339 e. The fourth-order valence-electron chi connectivity index (χ4n) is 4.72. The molecule has 6 heteroatoms. The number of hydrogen-bond acceptors (Lipinski definition) is 5. The summed E-state index contributed by atoms with van der Waals surface area (Å²) >= 11 is 1.69. The highest BCUT2D eigenvalue weighted by atomic mass is 32.1. The molecular formula is C26H26N2O3S. The minimum absolute atomic E-state index is 0.110. The molecule has 32 heavy (non-hydrogen) atoms. The molecule has 1 fully saturated rings. The van der Waals surface area contributed by atoms with E-state index in [0.717, 1.165) is 72.9 Å². The Morgan fingerprint density at radius 2 is 1.91 bits per heavy atom. The quantitative estimate of drug-likeness (QED) is 0.508. The van der Waals surface area contributed by atoms with E-state index in [4.69, 9.17) is 9.72 Å². The molecule has 1 amide bonds. The molecule has 3 heterocycles. The van der Waals surface area contributed by atoms with E-state index in [-0.39, 0.29) is 5.91 Å². The monoisotopic (exact) mass is 446 g/mol. The van der Waals surface area contributed by atoms with Gasteiger partial charge in [0.05, 0.1) is 16.8 Å². The molecule has 0 spiro atoms. The van der Waals surface area contributed by atoms with E-state index in [1.807, 2.05) is 30.3 Å². The second kappa shape index (κ2) is 8.87. The van der Waals surface area contributed by atoms with Crippen molar-refractivity contribution in [2.75, 3.05) is 13.1 Å². The summed E-state index contributed by atoms with van der Waals surface area (Å²) < 4.78 is 5.75.